The third-order valence-electron chi connectivity index (χ3n) is 2.58. The summed E-state index contributed by atoms with van der Waals surface area (Å²) in [5.41, 5.74) is 0.161. The monoisotopic (exact) mass is 299 g/mol. The van der Waals surface area contributed by atoms with E-state index in [9.17, 15) is 0 Å². The van der Waals surface area contributed by atoms with E-state index in [2.05, 4.69) is 52.1 Å². The average Bonchev–Trinajstić information content (AvgIpc) is 2.78. The average molecular weight is 299 g/mol. The van der Waals surface area contributed by atoms with Crippen molar-refractivity contribution in [1.29, 1.82) is 0 Å². The molecule has 0 fully saturated rings. The molecule has 0 bridgehead atoms. The highest BCUT2D eigenvalue weighted by atomic mass is 32.1. The van der Waals surface area contributed by atoms with Gasteiger partial charge >= 0.3 is 0 Å². The van der Waals surface area contributed by atoms with E-state index in [1.165, 1.54) is 9.75 Å². The van der Waals surface area contributed by atoms with Crippen LogP contribution in [0.4, 0.5) is 0 Å². The molecule has 116 valence electrons. The van der Waals surface area contributed by atoms with Crippen molar-refractivity contribution in [1.82, 2.24) is 5.32 Å². The molecular formula is C16H29NO2S. The molecule has 0 saturated carbocycles. The summed E-state index contributed by atoms with van der Waals surface area (Å²) in [4.78, 5) is 2.63. The molecule has 0 unspecified atom stereocenters. The van der Waals surface area contributed by atoms with Gasteiger partial charge < -0.3 is 14.8 Å². The zero-order valence-corrected chi connectivity index (χ0v) is 14.3. The zero-order chi connectivity index (χ0) is 15.0. The smallest absolute Gasteiger partial charge is 0.0810 e. The van der Waals surface area contributed by atoms with Crippen molar-refractivity contribution >= 4 is 11.3 Å². The number of hydrogen-bond donors (Lipinski definition) is 1. The van der Waals surface area contributed by atoms with Gasteiger partial charge in [-0.2, -0.15) is 0 Å². The Morgan fingerprint density at radius 1 is 1.10 bits per heavy atom. The van der Waals surface area contributed by atoms with Crippen LogP contribution >= 0.6 is 11.3 Å². The highest BCUT2D eigenvalue weighted by Gasteiger charge is 2.09. The fraction of sp³-hybridized carbons (Fsp3) is 0.750. The summed E-state index contributed by atoms with van der Waals surface area (Å²) in [5, 5.41) is 3.50. The van der Waals surface area contributed by atoms with Crippen LogP contribution in [-0.2, 0) is 22.6 Å². The lowest BCUT2D eigenvalue weighted by Crippen LogP contribution is -2.34. The van der Waals surface area contributed by atoms with Crippen LogP contribution in [0.3, 0.4) is 0 Å². The lowest BCUT2D eigenvalue weighted by Gasteiger charge is -2.19. The Morgan fingerprint density at radius 2 is 1.75 bits per heavy atom. The van der Waals surface area contributed by atoms with Gasteiger partial charge in [0.1, 0.15) is 0 Å². The molecule has 20 heavy (non-hydrogen) atoms. The Bertz CT molecular complexity index is 369. The maximum atomic E-state index is 5.63. The van der Waals surface area contributed by atoms with Crippen molar-refractivity contribution in [3.8, 4) is 0 Å². The summed E-state index contributed by atoms with van der Waals surface area (Å²) in [5.74, 6) is 0.588. The van der Waals surface area contributed by atoms with Gasteiger partial charge in [-0.25, -0.2) is 0 Å². The zero-order valence-electron chi connectivity index (χ0n) is 13.5. The molecule has 1 rings (SSSR count). The molecule has 0 aliphatic heterocycles. The van der Waals surface area contributed by atoms with E-state index in [0.29, 0.717) is 25.7 Å². The van der Waals surface area contributed by atoms with Gasteiger partial charge in [-0.05, 0) is 38.8 Å². The minimum absolute atomic E-state index is 0.161. The summed E-state index contributed by atoms with van der Waals surface area (Å²) >= 11 is 1.81. The van der Waals surface area contributed by atoms with Crippen LogP contribution in [0.2, 0.25) is 0 Å². The second-order valence-corrected chi connectivity index (χ2v) is 7.75. The first-order valence-corrected chi connectivity index (χ1v) is 8.16. The first-order valence-electron chi connectivity index (χ1n) is 7.35. The largest absolute Gasteiger partial charge is 0.379 e. The van der Waals surface area contributed by atoms with Gasteiger partial charge in [0, 0.05) is 28.4 Å². The van der Waals surface area contributed by atoms with E-state index < -0.39 is 0 Å². The van der Waals surface area contributed by atoms with Gasteiger partial charge in [0.2, 0.25) is 0 Å². The molecule has 0 aliphatic carbocycles. The molecule has 0 amide bonds. The summed E-state index contributed by atoms with van der Waals surface area (Å²) in [6.45, 7) is 14.6. The van der Waals surface area contributed by atoms with Gasteiger partial charge in [0.15, 0.2) is 0 Å². The first-order chi connectivity index (χ1) is 9.37. The van der Waals surface area contributed by atoms with E-state index in [-0.39, 0.29) is 5.54 Å². The predicted octanol–water partition coefficient (Wildman–Crippen LogP) is 3.83. The topological polar surface area (TPSA) is 30.5 Å². The normalized spacial score (nSPS) is 12.3. The Morgan fingerprint density at radius 3 is 2.40 bits per heavy atom. The number of rotatable bonds is 9. The van der Waals surface area contributed by atoms with Crippen LogP contribution < -0.4 is 5.32 Å². The van der Waals surface area contributed by atoms with Crippen molar-refractivity contribution in [3.63, 3.8) is 0 Å². The SMILES string of the molecule is CC(C)COCCOCc1ccc(CNC(C)(C)C)s1. The third kappa shape index (κ3) is 8.69. The van der Waals surface area contributed by atoms with Gasteiger partial charge in [-0.15, -0.1) is 11.3 Å². The van der Waals surface area contributed by atoms with Gasteiger partial charge in [-0.3, -0.25) is 0 Å². The molecule has 0 aliphatic rings. The maximum absolute atomic E-state index is 5.63. The Balaban J connectivity index is 2.14. The van der Waals surface area contributed by atoms with Crippen LogP contribution in [0.25, 0.3) is 0 Å². The van der Waals surface area contributed by atoms with E-state index in [1.807, 2.05) is 11.3 Å². The van der Waals surface area contributed by atoms with Gasteiger partial charge in [0.05, 0.1) is 19.8 Å². The van der Waals surface area contributed by atoms with Gasteiger partial charge in [-0.1, -0.05) is 13.8 Å². The van der Waals surface area contributed by atoms with Crippen LogP contribution in [-0.4, -0.2) is 25.4 Å². The minimum atomic E-state index is 0.161. The Hall–Kier alpha value is -0.420. The number of nitrogens with one attached hydrogen (secondary N) is 1. The molecule has 1 N–H and O–H groups in total. The molecule has 1 aromatic heterocycles. The molecule has 3 nitrogen and oxygen atoms in total. The van der Waals surface area contributed by atoms with Crippen LogP contribution in [0.15, 0.2) is 12.1 Å². The molecule has 0 radical (unpaired) electrons. The fourth-order valence-corrected chi connectivity index (χ4v) is 2.45. The highest BCUT2D eigenvalue weighted by molar-refractivity contribution is 7.11. The lowest BCUT2D eigenvalue weighted by atomic mass is 10.1. The first kappa shape index (κ1) is 17.6. The molecule has 0 spiro atoms. The Labute approximate surface area is 127 Å². The molecule has 1 heterocycles. The molecule has 0 atom stereocenters. The van der Waals surface area contributed by atoms with E-state index >= 15 is 0 Å². The Kier molecular flexibility index (Phi) is 7.74. The summed E-state index contributed by atoms with van der Waals surface area (Å²) in [7, 11) is 0. The molecule has 1 aromatic rings. The van der Waals surface area contributed by atoms with Crippen LogP contribution in [0.1, 0.15) is 44.4 Å². The highest BCUT2D eigenvalue weighted by Crippen LogP contribution is 2.18. The van der Waals surface area contributed by atoms with Crippen molar-refractivity contribution in [2.45, 2.75) is 53.3 Å². The minimum Gasteiger partial charge on any atom is -0.379 e. The van der Waals surface area contributed by atoms with Crippen LogP contribution in [0.5, 0.6) is 0 Å². The van der Waals surface area contributed by atoms with Crippen molar-refractivity contribution < 1.29 is 9.47 Å². The summed E-state index contributed by atoms with van der Waals surface area (Å²) in [6, 6.07) is 4.33. The molecular weight excluding hydrogens is 270 g/mol. The van der Waals surface area contributed by atoms with Crippen molar-refractivity contribution in [3.05, 3.63) is 21.9 Å². The van der Waals surface area contributed by atoms with Crippen molar-refractivity contribution in [2.75, 3.05) is 19.8 Å². The number of ether oxygens (including phenoxy) is 2. The number of hydrogen-bond acceptors (Lipinski definition) is 4. The fourth-order valence-electron chi connectivity index (χ4n) is 1.56. The molecule has 4 heteroatoms. The summed E-state index contributed by atoms with van der Waals surface area (Å²) in [6.07, 6.45) is 0. The van der Waals surface area contributed by atoms with Gasteiger partial charge in [0.25, 0.3) is 0 Å². The second kappa shape index (κ2) is 8.78. The van der Waals surface area contributed by atoms with E-state index in [1.54, 1.807) is 0 Å². The lowest BCUT2D eigenvalue weighted by molar-refractivity contribution is 0.0322. The maximum Gasteiger partial charge on any atom is 0.0810 e. The third-order valence-corrected chi connectivity index (χ3v) is 3.64. The van der Waals surface area contributed by atoms with Crippen LogP contribution in [0, 0.1) is 5.92 Å². The number of thiophene rings is 1. The summed E-state index contributed by atoms with van der Waals surface area (Å²) < 4.78 is 11.1. The molecule has 0 aromatic carbocycles. The second-order valence-electron chi connectivity index (χ2n) is 6.49. The predicted molar refractivity (Wildman–Crippen MR) is 86.2 cm³/mol. The van der Waals surface area contributed by atoms with Crippen molar-refractivity contribution in [2.24, 2.45) is 5.92 Å². The quantitative estimate of drug-likeness (QED) is 0.703. The van der Waals surface area contributed by atoms with E-state index in [4.69, 9.17) is 9.47 Å². The molecule has 0 saturated heterocycles. The van der Waals surface area contributed by atoms with E-state index in [0.717, 1.165) is 13.2 Å². The standard InChI is InChI=1S/C16H29NO2S/c1-13(2)11-18-8-9-19-12-15-7-6-14(20-15)10-17-16(3,4)5/h6-7,13,17H,8-12H2,1-5H3.